The van der Waals surface area contributed by atoms with Crippen molar-refractivity contribution in [2.24, 2.45) is 5.73 Å². The summed E-state index contributed by atoms with van der Waals surface area (Å²) in [7, 11) is -3.73. The van der Waals surface area contributed by atoms with Crippen LogP contribution in [-0.2, 0) is 21.3 Å². The minimum Gasteiger partial charge on any atom is -0.380 e. The molecule has 0 aromatic heterocycles. The van der Waals surface area contributed by atoms with Crippen molar-refractivity contribution in [3.8, 4) is 0 Å². The van der Waals surface area contributed by atoms with Crippen LogP contribution in [0.2, 0.25) is 10.0 Å². The maximum atomic E-state index is 12.3. The lowest BCUT2D eigenvalue weighted by Crippen LogP contribution is -2.35. The minimum atomic E-state index is -3.73. The highest BCUT2D eigenvalue weighted by Crippen LogP contribution is 2.29. The largest absolute Gasteiger partial charge is 0.380 e. The van der Waals surface area contributed by atoms with Crippen LogP contribution in [0.3, 0.4) is 0 Å². The number of sulfonamides is 1. The summed E-state index contributed by atoms with van der Waals surface area (Å²) in [5.41, 5.74) is 6.01. The molecule has 1 heterocycles. The summed E-state index contributed by atoms with van der Waals surface area (Å²) in [5.74, 6) is 0. The van der Waals surface area contributed by atoms with E-state index < -0.39 is 10.0 Å². The number of rotatable bonds is 4. The molecule has 3 N–H and O–H groups in total. The topological polar surface area (TPSA) is 81.4 Å². The molecular formula is C11H14Cl2N2O3S. The second kappa shape index (κ2) is 5.95. The summed E-state index contributed by atoms with van der Waals surface area (Å²) >= 11 is 12.0. The van der Waals surface area contributed by atoms with Gasteiger partial charge in [0.25, 0.3) is 0 Å². The molecule has 1 unspecified atom stereocenters. The van der Waals surface area contributed by atoms with Gasteiger partial charge < -0.3 is 10.5 Å². The van der Waals surface area contributed by atoms with Crippen molar-refractivity contribution in [1.82, 2.24) is 4.72 Å². The van der Waals surface area contributed by atoms with E-state index in [1.807, 2.05) is 0 Å². The average Bonchev–Trinajstić information content (AvgIpc) is 2.83. The highest BCUT2D eigenvalue weighted by atomic mass is 35.5. The zero-order valence-corrected chi connectivity index (χ0v) is 12.4. The molecule has 1 atom stereocenters. The van der Waals surface area contributed by atoms with E-state index in [9.17, 15) is 8.42 Å². The first kappa shape index (κ1) is 15.0. The van der Waals surface area contributed by atoms with E-state index in [-0.39, 0.29) is 27.5 Å². The highest BCUT2D eigenvalue weighted by molar-refractivity contribution is 7.89. The Morgan fingerprint density at radius 3 is 2.74 bits per heavy atom. The first-order chi connectivity index (χ1) is 8.94. The van der Waals surface area contributed by atoms with E-state index in [1.165, 1.54) is 6.07 Å². The molecule has 1 aliphatic heterocycles. The van der Waals surface area contributed by atoms with Crippen LogP contribution in [0.1, 0.15) is 12.0 Å². The Bertz CT molecular complexity index is 572. The van der Waals surface area contributed by atoms with Gasteiger partial charge in [0.15, 0.2) is 0 Å². The van der Waals surface area contributed by atoms with Crippen molar-refractivity contribution < 1.29 is 13.2 Å². The van der Waals surface area contributed by atoms with Gasteiger partial charge >= 0.3 is 0 Å². The number of ether oxygens (including phenoxy) is 1. The monoisotopic (exact) mass is 324 g/mol. The average molecular weight is 325 g/mol. The van der Waals surface area contributed by atoms with Gasteiger partial charge in [0.2, 0.25) is 10.0 Å². The van der Waals surface area contributed by atoms with Crippen LogP contribution >= 0.6 is 23.2 Å². The second-order valence-corrected chi connectivity index (χ2v) is 6.76. The third-order valence-corrected chi connectivity index (χ3v) is 5.16. The third-order valence-electron chi connectivity index (χ3n) is 2.84. The molecular weight excluding hydrogens is 311 g/mol. The molecule has 0 amide bonds. The molecule has 5 nitrogen and oxygen atoms in total. The lowest BCUT2D eigenvalue weighted by atomic mass is 10.2. The van der Waals surface area contributed by atoms with Crippen molar-refractivity contribution in [3.63, 3.8) is 0 Å². The van der Waals surface area contributed by atoms with Gasteiger partial charge in [-0.2, -0.15) is 0 Å². The molecule has 1 aromatic carbocycles. The van der Waals surface area contributed by atoms with Gasteiger partial charge in [-0.15, -0.1) is 0 Å². The fourth-order valence-corrected chi connectivity index (χ4v) is 4.07. The van der Waals surface area contributed by atoms with Gasteiger partial charge in [-0.3, -0.25) is 0 Å². The van der Waals surface area contributed by atoms with Crippen molar-refractivity contribution in [2.75, 3.05) is 13.2 Å². The Kier molecular flexibility index (Phi) is 4.70. The summed E-state index contributed by atoms with van der Waals surface area (Å²) in [5, 5.41) is 0.395. The summed E-state index contributed by atoms with van der Waals surface area (Å²) in [4.78, 5) is -0.0472. The normalized spacial score (nSPS) is 19.8. The molecule has 19 heavy (non-hydrogen) atoms. The van der Waals surface area contributed by atoms with E-state index in [2.05, 4.69) is 4.72 Å². The van der Waals surface area contributed by atoms with E-state index in [4.69, 9.17) is 33.7 Å². The van der Waals surface area contributed by atoms with Gasteiger partial charge in [-0.25, -0.2) is 13.1 Å². The SMILES string of the molecule is NCc1cc(Cl)cc(S(=O)(=O)NC2CCOC2)c1Cl. The number of halogens is 2. The van der Waals surface area contributed by atoms with Crippen molar-refractivity contribution in [1.29, 1.82) is 0 Å². The molecule has 1 aliphatic rings. The number of nitrogens with one attached hydrogen (secondary N) is 1. The van der Waals surface area contributed by atoms with Crippen molar-refractivity contribution >= 4 is 33.2 Å². The van der Waals surface area contributed by atoms with E-state index in [0.29, 0.717) is 25.2 Å². The van der Waals surface area contributed by atoms with Gasteiger partial charge in [0, 0.05) is 24.2 Å². The molecule has 0 bridgehead atoms. The standard InChI is InChI=1S/C11H14Cl2N2O3S/c12-8-3-7(5-14)11(13)10(4-8)19(16,17)15-9-1-2-18-6-9/h3-4,9,15H,1-2,5-6,14H2. The molecule has 106 valence electrons. The van der Waals surface area contributed by atoms with Crippen LogP contribution < -0.4 is 10.5 Å². The Hall–Kier alpha value is -0.370. The molecule has 1 aromatic rings. The van der Waals surface area contributed by atoms with E-state index in [1.54, 1.807) is 6.07 Å². The first-order valence-electron chi connectivity index (χ1n) is 5.72. The van der Waals surface area contributed by atoms with E-state index >= 15 is 0 Å². The Balaban J connectivity index is 2.36. The van der Waals surface area contributed by atoms with Crippen molar-refractivity contribution in [3.05, 3.63) is 27.7 Å². The molecule has 1 fully saturated rings. The lowest BCUT2D eigenvalue weighted by Gasteiger charge is -2.14. The van der Waals surface area contributed by atoms with Crippen LogP contribution in [0.25, 0.3) is 0 Å². The smallest absolute Gasteiger partial charge is 0.242 e. The minimum absolute atomic E-state index is 0.0472. The maximum Gasteiger partial charge on any atom is 0.242 e. The molecule has 0 radical (unpaired) electrons. The fraction of sp³-hybridized carbons (Fsp3) is 0.455. The second-order valence-electron chi connectivity index (χ2n) is 4.26. The lowest BCUT2D eigenvalue weighted by molar-refractivity contribution is 0.192. The Morgan fingerprint density at radius 2 is 2.16 bits per heavy atom. The van der Waals surface area contributed by atoms with Crippen LogP contribution in [-0.4, -0.2) is 27.7 Å². The van der Waals surface area contributed by atoms with Gasteiger partial charge in [0.1, 0.15) is 4.90 Å². The van der Waals surface area contributed by atoms with Gasteiger partial charge in [-0.1, -0.05) is 23.2 Å². The molecule has 0 aliphatic carbocycles. The van der Waals surface area contributed by atoms with Crippen molar-refractivity contribution in [2.45, 2.75) is 23.9 Å². The molecule has 8 heteroatoms. The van der Waals surface area contributed by atoms with Crippen LogP contribution in [0, 0.1) is 0 Å². The quantitative estimate of drug-likeness (QED) is 0.879. The van der Waals surface area contributed by atoms with Crippen LogP contribution in [0.4, 0.5) is 0 Å². The number of hydrogen-bond donors (Lipinski definition) is 2. The van der Waals surface area contributed by atoms with Gasteiger partial charge in [-0.05, 0) is 24.1 Å². The summed E-state index contributed by atoms with van der Waals surface area (Å²) in [6.45, 7) is 1.03. The predicted molar refractivity (Wildman–Crippen MR) is 73.9 cm³/mol. The molecule has 0 saturated carbocycles. The predicted octanol–water partition coefficient (Wildman–Crippen LogP) is 1.52. The molecule has 1 saturated heterocycles. The van der Waals surface area contributed by atoms with Crippen LogP contribution in [0.5, 0.6) is 0 Å². The summed E-state index contributed by atoms with van der Waals surface area (Å²) < 4.78 is 32.2. The van der Waals surface area contributed by atoms with Crippen LogP contribution in [0.15, 0.2) is 17.0 Å². The number of nitrogens with two attached hydrogens (primary N) is 1. The van der Waals surface area contributed by atoms with E-state index in [0.717, 1.165) is 0 Å². The summed E-state index contributed by atoms with van der Waals surface area (Å²) in [6.07, 6.45) is 0.640. The zero-order chi connectivity index (χ0) is 14.0. The Morgan fingerprint density at radius 1 is 1.42 bits per heavy atom. The van der Waals surface area contributed by atoms with Gasteiger partial charge in [0.05, 0.1) is 11.6 Å². The summed E-state index contributed by atoms with van der Waals surface area (Å²) in [6, 6.07) is 2.64. The molecule has 0 spiro atoms. The third kappa shape index (κ3) is 3.39. The fourth-order valence-electron chi connectivity index (χ4n) is 1.87. The number of benzene rings is 1. The zero-order valence-electron chi connectivity index (χ0n) is 10.0. The molecule has 2 rings (SSSR count). The first-order valence-corrected chi connectivity index (χ1v) is 7.96. The highest BCUT2D eigenvalue weighted by Gasteiger charge is 2.26. The maximum absolute atomic E-state index is 12.3. The Labute approximate surface area is 122 Å². The number of hydrogen-bond acceptors (Lipinski definition) is 4.